The molecule has 0 radical (unpaired) electrons. The number of nitrogens with one attached hydrogen (secondary N) is 1. The standard InChI is InChI=1S/C18H24NO4PS/c1-4-22-24(20,23-5-2)18(16-9-7-6-8-10-16)19-25(21)17-13-11-15(3)12-14-17/h6-14,18-19H,4-5H2,1-3H3/t18-,25?/m0/s1. The monoisotopic (exact) mass is 381 g/mol. The van der Waals surface area contributed by atoms with Crippen LogP contribution in [0.2, 0.25) is 0 Å². The number of benzene rings is 2. The van der Waals surface area contributed by atoms with Crippen molar-refractivity contribution in [1.82, 2.24) is 4.72 Å². The van der Waals surface area contributed by atoms with Crippen LogP contribution >= 0.6 is 7.60 Å². The van der Waals surface area contributed by atoms with Crippen molar-refractivity contribution >= 4 is 18.6 Å². The Bertz CT molecular complexity index is 727. The van der Waals surface area contributed by atoms with Crippen molar-refractivity contribution in [2.75, 3.05) is 13.2 Å². The van der Waals surface area contributed by atoms with Crippen LogP contribution in [0.3, 0.4) is 0 Å². The summed E-state index contributed by atoms with van der Waals surface area (Å²) in [6.45, 7) is 5.94. The Morgan fingerprint density at radius 2 is 1.56 bits per heavy atom. The summed E-state index contributed by atoms with van der Waals surface area (Å²) in [7, 11) is -5.10. The third-order valence-corrected chi connectivity index (χ3v) is 7.12. The highest BCUT2D eigenvalue weighted by Crippen LogP contribution is 2.59. The van der Waals surface area contributed by atoms with Crippen LogP contribution in [-0.2, 0) is 24.6 Å². The first-order chi connectivity index (χ1) is 12.0. The molecule has 0 spiro atoms. The third kappa shape index (κ3) is 5.33. The first-order valence-electron chi connectivity index (χ1n) is 8.18. The van der Waals surface area contributed by atoms with Crippen molar-refractivity contribution in [1.29, 1.82) is 0 Å². The molecule has 0 bridgehead atoms. The molecule has 2 aromatic carbocycles. The van der Waals surface area contributed by atoms with E-state index in [4.69, 9.17) is 9.05 Å². The van der Waals surface area contributed by atoms with Gasteiger partial charge in [0.15, 0.2) is 0 Å². The Balaban J connectivity index is 2.36. The van der Waals surface area contributed by atoms with Gasteiger partial charge in [-0.25, -0.2) is 8.93 Å². The molecule has 0 amide bonds. The van der Waals surface area contributed by atoms with Crippen LogP contribution in [0.1, 0.15) is 30.8 Å². The van der Waals surface area contributed by atoms with Gasteiger partial charge in [0.2, 0.25) is 0 Å². The molecule has 0 heterocycles. The molecule has 0 fully saturated rings. The van der Waals surface area contributed by atoms with Crippen LogP contribution < -0.4 is 4.72 Å². The summed E-state index contributed by atoms with van der Waals surface area (Å²) in [5, 5.41) is 0. The van der Waals surface area contributed by atoms with Crippen LogP contribution in [0.25, 0.3) is 0 Å². The number of hydrogen-bond acceptors (Lipinski definition) is 4. The topological polar surface area (TPSA) is 64.6 Å². The van der Waals surface area contributed by atoms with E-state index in [-0.39, 0.29) is 13.2 Å². The fraction of sp³-hybridized carbons (Fsp3) is 0.333. The van der Waals surface area contributed by atoms with Gasteiger partial charge in [-0.05, 0) is 38.5 Å². The number of aryl methyl sites for hydroxylation is 1. The van der Waals surface area contributed by atoms with E-state index >= 15 is 0 Å². The van der Waals surface area contributed by atoms with Crippen LogP contribution in [-0.4, -0.2) is 17.4 Å². The molecular weight excluding hydrogens is 357 g/mol. The zero-order valence-electron chi connectivity index (χ0n) is 14.7. The van der Waals surface area contributed by atoms with Gasteiger partial charge >= 0.3 is 7.60 Å². The normalized spacial score (nSPS) is 14.2. The highest BCUT2D eigenvalue weighted by Gasteiger charge is 2.38. The number of rotatable bonds is 9. The van der Waals surface area contributed by atoms with Crippen molar-refractivity contribution in [3.05, 3.63) is 65.7 Å². The molecule has 0 aliphatic rings. The van der Waals surface area contributed by atoms with Crippen molar-refractivity contribution < 1.29 is 17.8 Å². The van der Waals surface area contributed by atoms with E-state index in [0.717, 1.165) is 5.56 Å². The molecule has 0 aliphatic heterocycles. The molecule has 136 valence electrons. The van der Waals surface area contributed by atoms with E-state index in [9.17, 15) is 8.77 Å². The zero-order valence-corrected chi connectivity index (χ0v) is 16.4. The summed E-state index contributed by atoms with van der Waals surface area (Å²) in [4.78, 5) is 0.603. The highest BCUT2D eigenvalue weighted by atomic mass is 32.2. The Kier molecular flexibility index (Phi) is 7.54. The van der Waals surface area contributed by atoms with Crippen LogP contribution in [0.4, 0.5) is 0 Å². The average molecular weight is 381 g/mol. The maximum absolute atomic E-state index is 13.3. The van der Waals surface area contributed by atoms with Gasteiger partial charge in [0.25, 0.3) is 0 Å². The predicted molar refractivity (Wildman–Crippen MR) is 101 cm³/mol. The van der Waals surface area contributed by atoms with E-state index in [1.54, 1.807) is 26.0 Å². The van der Waals surface area contributed by atoms with Gasteiger partial charge in [0.05, 0.1) is 18.1 Å². The lowest BCUT2D eigenvalue weighted by atomic mass is 10.2. The van der Waals surface area contributed by atoms with Crippen molar-refractivity contribution in [3.8, 4) is 0 Å². The summed E-state index contributed by atoms with van der Waals surface area (Å²) in [5.74, 6) is -0.823. The molecule has 0 aromatic heterocycles. The van der Waals surface area contributed by atoms with E-state index in [0.29, 0.717) is 10.5 Å². The molecule has 25 heavy (non-hydrogen) atoms. The van der Waals surface area contributed by atoms with Crippen molar-refractivity contribution in [3.63, 3.8) is 0 Å². The lowest BCUT2D eigenvalue weighted by Crippen LogP contribution is -2.25. The lowest BCUT2D eigenvalue weighted by Gasteiger charge is -2.27. The molecule has 0 aliphatic carbocycles. The molecule has 1 unspecified atom stereocenters. The van der Waals surface area contributed by atoms with E-state index in [1.807, 2.05) is 49.4 Å². The summed E-state index contributed by atoms with van der Waals surface area (Å²) >= 11 is 0. The largest absolute Gasteiger partial charge is 0.352 e. The Morgan fingerprint density at radius 3 is 2.08 bits per heavy atom. The maximum atomic E-state index is 13.3. The minimum atomic E-state index is -3.54. The Hall–Kier alpha value is -1.30. The van der Waals surface area contributed by atoms with Crippen LogP contribution in [0.5, 0.6) is 0 Å². The van der Waals surface area contributed by atoms with Gasteiger partial charge in [-0.1, -0.05) is 48.0 Å². The molecule has 2 atom stereocenters. The first-order valence-corrected chi connectivity index (χ1v) is 10.9. The lowest BCUT2D eigenvalue weighted by molar-refractivity contribution is 0.210. The number of hydrogen-bond donors (Lipinski definition) is 1. The molecule has 0 saturated carbocycles. The fourth-order valence-corrected chi connectivity index (χ4v) is 5.62. The second-order valence-corrected chi connectivity index (χ2v) is 8.75. The van der Waals surface area contributed by atoms with E-state index in [2.05, 4.69) is 4.72 Å². The quantitative estimate of drug-likeness (QED) is 0.646. The average Bonchev–Trinajstić information content (AvgIpc) is 2.61. The predicted octanol–water partition coefficient (Wildman–Crippen LogP) is 4.57. The zero-order chi connectivity index (χ0) is 18.3. The van der Waals surface area contributed by atoms with E-state index in [1.165, 1.54) is 0 Å². The molecule has 1 N–H and O–H groups in total. The third-order valence-electron chi connectivity index (χ3n) is 3.50. The Labute approximate surface area is 151 Å². The molecular formula is C18H24NO4PS. The second kappa shape index (κ2) is 9.41. The molecule has 0 saturated heterocycles. The summed E-state index contributed by atoms with van der Waals surface area (Å²) in [6.07, 6.45) is 0. The fourth-order valence-electron chi connectivity index (χ4n) is 2.33. The van der Waals surface area contributed by atoms with Crippen molar-refractivity contribution in [2.24, 2.45) is 0 Å². The maximum Gasteiger partial charge on any atom is 0.352 e. The smallest absolute Gasteiger partial charge is 0.308 e. The van der Waals surface area contributed by atoms with Gasteiger partial charge in [-0.2, -0.15) is 0 Å². The molecule has 2 aromatic rings. The summed E-state index contributed by atoms with van der Waals surface area (Å²) < 4.78 is 40.0. The minimum Gasteiger partial charge on any atom is -0.308 e. The van der Waals surface area contributed by atoms with Gasteiger partial charge in [-0.3, -0.25) is 4.57 Å². The van der Waals surface area contributed by atoms with Crippen molar-refractivity contribution in [2.45, 2.75) is 31.4 Å². The van der Waals surface area contributed by atoms with E-state index < -0.39 is 24.4 Å². The van der Waals surface area contributed by atoms with Gasteiger partial charge in [0, 0.05) is 0 Å². The summed E-state index contributed by atoms with van der Waals surface area (Å²) in [5.41, 5.74) is 1.78. The van der Waals surface area contributed by atoms with Gasteiger partial charge in [-0.15, -0.1) is 0 Å². The second-order valence-electron chi connectivity index (χ2n) is 5.39. The van der Waals surface area contributed by atoms with Crippen LogP contribution in [0.15, 0.2) is 59.5 Å². The van der Waals surface area contributed by atoms with Crippen LogP contribution in [0, 0.1) is 6.92 Å². The minimum absolute atomic E-state index is 0.236. The Morgan fingerprint density at radius 1 is 1.00 bits per heavy atom. The molecule has 2 rings (SSSR count). The summed E-state index contributed by atoms with van der Waals surface area (Å²) in [6, 6.07) is 16.5. The SMILES string of the molecule is CCOP(=O)(OCC)[C@H](NS(=O)c1ccc(C)cc1)c1ccccc1. The highest BCUT2D eigenvalue weighted by molar-refractivity contribution is 7.83. The molecule has 5 nitrogen and oxygen atoms in total. The first kappa shape index (κ1) is 20.0. The van der Waals surface area contributed by atoms with Gasteiger partial charge in [0.1, 0.15) is 16.8 Å². The van der Waals surface area contributed by atoms with Gasteiger partial charge < -0.3 is 9.05 Å². The molecule has 7 heteroatoms.